The first-order chi connectivity index (χ1) is 14.7. The van der Waals surface area contributed by atoms with Crippen LogP contribution in [0.4, 0.5) is 16.4 Å². The van der Waals surface area contributed by atoms with Crippen LogP contribution >= 0.6 is 0 Å². The van der Waals surface area contributed by atoms with E-state index in [0.29, 0.717) is 23.1 Å². The van der Waals surface area contributed by atoms with Gasteiger partial charge in [-0.15, -0.1) is 0 Å². The van der Waals surface area contributed by atoms with Gasteiger partial charge >= 0.3 is 6.09 Å². The number of aromatic nitrogens is 2. The third-order valence-corrected chi connectivity index (χ3v) is 4.82. The fourth-order valence-electron chi connectivity index (χ4n) is 3.67. The molecule has 0 aliphatic carbocycles. The highest BCUT2D eigenvalue weighted by Gasteiger charge is 2.19. The summed E-state index contributed by atoms with van der Waals surface area (Å²) in [7, 11) is 5.68. The fourth-order valence-corrected chi connectivity index (χ4v) is 3.67. The number of carboxylic acid groups (broad SMARTS) is 1. The van der Waals surface area contributed by atoms with E-state index in [-0.39, 0.29) is 5.41 Å². The average Bonchev–Trinajstić information content (AvgIpc) is 2.71. The topological polar surface area (TPSA) is 99.6 Å². The largest absolute Gasteiger partial charge is 0.497 e. The number of rotatable bonds is 8. The van der Waals surface area contributed by atoms with Gasteiger partial charge in [-0.25, -0.2) is 14.8 Å². The summed E-state index contributed by atoms with van der Waals surface area (Å²) >= 11 is 0. The number of hydrogen-bond acceptors (Lipinski definition) is 6. The van der Waals surface area contributed by atoms with Gasteiger partial charge in [0, 0.05) is 30.2 Å². The highest BCUT2D eigenvalue weighted by Crippen LogP contribution is 2.33. The van der Waals surface area contributed by atoms with Gasteiger partial charge in [0.05, 0.1) is 18.5 Å². The second-order valence-corrected chi connectivity index (χ2v) is 8.56. The molecule has 0 spiro atoms. The zero-order valence-corrected chi connectivity index (χ0v) is 18.6. The monoisotopic (exact) mass is 423 g/mol. The zero-order chi connectivity index (χ0) is 22.6. The molecule has 0 saturated heterocycles. The SMILES string of the molecule is COc1ccc2cc(-c3ccnc(NCC(C)(C)CN(C)C)n3)cc(NC(=O)O)c2c1. The summed E-state index contributed by atoms with van der Waals surface area (Å²) in [6.07, 6.45) is 0.570. The highest BCUT2D eigenvalue weighted by atomic mass is 16.5. The summed E-state index contributed by atoms with van der Waals surface area (Å²) in [5, 5.41) is 16.7. The van der Waals surface area contributed by atoms with Crippen molar-refractivity contribution in [1.29, 1.82) is 0 Å². The molecule has 1 aromatic heterocycles. The molecule has 0 aliphatic heterocycles. The Morgan fingerprint density at radius 2 is 1.97 bits per heavy atom. The van der Waals surface area contributed by atoms with Crippen LogP contribution < -0.4 is 15.4 Å². The molecule has 8 nitrogen and oxygen atoms in total. The van der Waals surface area contributed by atoms with Gasteiger partial charge in [0.1, 0.15) is 5.75 Å². The molecule has 2 aromatic carbocycles. The average molecular weight is 424 g/mol. The maximum atomic E-state index is 11.3. The minimum absolute atomic E-state index is 0.0451. The Bertz CT molecular complexity index is 1080. The van der Waals surface area contributed by atoms with Crippen molar-refractivity contribution < 1.29 is 14.6 Å². The Kier molecular flexibility index (Phi) is 6.60. The van der Waals surface area contributed by atoms with Crippen molar-refractivity contribution in [3.8, 4) is 17.0 Å². The van der Waals surface area contributed by atoms with Gasteiger partial charge in [0.15, 0.2) is 0 Å². The number of nitrogens with zero attached hydrogens (tertiary/aromatic N) is 3. The van der Waals surface area contributed by atoms with Crippen molar-refractivity contribution in [3.63, 3.8) is 0 Å². The Morgan fingerprint density at radius 3 is 2.65 bits per heavy atom. The molecular weight excluding hydrogens is 394 g/mol. The summed E-state index contributed by atoms with van der Waals surface area (Å²) in [6.45, 7) is 6.02. The third-order valence-electron chi connectivity index (χ3n) is 4.82. The lowest BCUT2D eigenvalue weighted by Gasteiger charge is -2.28. The second kappa shape index (κ2) is 9.18. The van der Waals surface area contributed by atoms with Gasteiger partial charge in [-0.05, 0) is 55.2 Å². The van der Waals surface area contributed by atoms with Gasteiger partial charge in [-0.3, -0.25) is 5.32 Å². The van der Waals surface area contributed by atoms with E-state index >= 15 is 0 Å². The number of ether oxygens (including phenoxy) is 1. The molecule has 1 amide bonds. The predicted octanol–water partition coefficient (Wildman–Crippen LogP) is 4.40. The molecule has 0 saturated carbocycles. The van der Waals surface area contributed by atoms with Crippen LogP contribution in [0.5, 0.6) is 5.75 Å². The summed E-state index contributed by atoms with van der Waals surface area (Å²) in [4.78, 5) is 22.5. The van der Waals surface area contributed by atoms with E-state index < -0.39 is 6.09 Å². The summed E-state index contributed by atoms with van der Waals surface area (Å²) < 4.78 is 5.28. The highest BCUT2D eigenvalue weighted by molar-refractivity contribution is 6.02. The molecule has 3 aromatic rings. The number of anilines is 2. The van der Waals surface area contributed by atoms with Crippen LogP contribution in [0, 0.1) is 5.41 Å². The van der Waals surface area contributed by atoms with E-state index in [1.54, 1.807) is 19.4 Å². The molecule has 3 rings (SSSR count). The van der Waals surface area contributed by atoms with E-state index in [1.165, 1.54) is 0 Å². The van der Waals surface area contributed by atoms with E-state index in [2.05, 4.69) is 53.4 Å². The van der Waals surface area contributed by atoms with Crippen molar-refractivity contribution in [3.05, 3.63) is 42.6 Å². The van der Waals surface area contributed by atoms with Crippen molar-refractivity contribution in [2.45, 2.75) is 13.8 Å². The molecule has 3 N–H and O–H groups in total. The maximum absolute atomic E-state index is 11.3. The van der Waals surface area contributed by atoms with Crippen molar-refractivity contribution in [1.82, 2.24) is 14.9 Å². The molecule has 0 bridgehead atoms. The van der Waals surface area contributed by atoms with Gasteiger partial charge < -0.3 is 20.1 Å². The molecule has 31 heavy (non-hydrogen) atoms. The van der Waals surface area contributed by atoms with Crippen molar-refractivity contribution in [2.24, 2.45) is 5.41 Å². The fraction of sp³-hybridized carbons (Fsp3) is 0.348. The summed E-state index contributed by atoms with van der Waals surface area (Å²) in [5.41, 5.74) is 2.01. The number of methoxy groups -OCH3 is 1. The van der Waals surface area contributed by atoms with Gasteiger partial charge in [0.25, 0.3) is 0 Å². The molecule has 0 radical (unpaired) electrons. The number of hydrogen-bond donors (Lipinski definition) is 3. The van der Waals surface area contributed by atoms with E-state index in [9.17, 15) is 9.90 Å². The van der Waals surface area contributed by atoms with E-state index in [1.807, 2.05) is 30.3 Å². The van der Waals surface area contributed by atoms with Crippen LogP contribution in [0.3, 0.4) is 0 Å². The van der Waals surface area contributed by atoms with Crippen LogP contribution in [0.15, 0.2) is 42.6 Å². The van der Waals surface area contributed by atoms with Crippen LogP contribution in [0.2, 0.25) is 0 Å². The number of nitrogens with one attached hydrogen (secondary N) is 2. The molecule has 0 aliphatic rings. The molecule has 8 heteroatoms. The zero-order valence-electron chi connectivity index (χ0n) is 18.6. The first-order valence-corrected chi connectivity index (χ1v) is 10.0. The lowest BCUT2D eigenvalue weighted by molar-refractivity contribution is 0.210. The normalized spacial score (nSPS) is 11.5. The van der Waals surface area contributed by atoms with Crippen LogP contribution in [0.25, 0.3) is 22.0 Å². The van der Waals surface area contributed by atoms with E-state index in [4.69, 9.17) is 4.74 Å². The molecule has 0 unspecified atom stereocenters. The lowest BCUT2D eigenvalue weighted by atomic mass is 9.93. The maximum Gasteiger partial charge on any atom is 0.409 e. The lowest BCUT2D eigenvalue weighted by Crippen LogP contribution is -2.34. The van der Waals surface area contributed by atoms with Crippen molar-refractivity contribution >= 4 is 28.5 Å². The number of fused-ring (bicyclic) bond motifs is 1. The minimum Gasteiger partial charge on any atom is -0.497 e. The quantitative estimate of drug-likeness (QED) is 0.494. The number of carbonyl (C=O) groups is 1. The Labute approximate surface area is 182 Å². The number of benzene rings is 2. The molecule has 164 valence electrons. The molecule has 0 atom stereocenters. The predicted molar refractivity (Wildman–Crippen MR) is 124 cm³/mol. The summed E-state index contributed by atoms with van der Waals surface area (Å²) in [5.74, 6) is 1.19. The smallest absolute Gasteiger partial charge is 0.409 e. The van der Waals surface area contributed by atoms with E-state index in [0.717, 1.165) is 29.4 Å². The first-order valence-electron chi connectivity index (χ1n) is 10.0. The van der Waals surface area contributed by atoms with Crippen LogP contribution in [-0.4, -0.2) is 60.4 Å². The minimum atomic E-state index is -1.13. The Hall–Kier alpha value is -3.39. The second-order valence-electron chi connectivity index (χ2n) is 8.56. The van der Waals surface area contributed by atoms with Gasteiger partial charge in [-0.2, -0.15) is 0 Å². The Morgan fingerprint density at radius 1 is 1.19 bits per heavy atom. The first kappa shape index (κ1) is 22.3. The number of amides is 1. The molecule has 1 heterocycles. The molecule has 0 fully saturated rings. The van der Waals surface area contributed by atoms with Crippen LogP contribution in [-0.2, 0) is 0 Å². The Balaban J connectivity index is 1.94. The van der Waals surface area contributed by atoms with Crippen molar-refractivity contribution in [2.75, 3.05) is 44.9 Å². The van der Waals surface area contributed by atoms with Crippen LogP contribution in [0.1, 0.15) is 13.8 Å². The molecular formula is C23H29N5O3. The summed E-state index contributed by atoms with van der Waals surface area (Å²) in [6, 6.07) is 11.1. The van der Waals surface area contributed by atoms with Gasteiger partial charge in [-0.1, -0.05) is 19.9 Å². The third kappa shape index (κ3) is 5.82. The van der Waals surface area contributed by atoms with Gasteiger partial charge in [0.2, 0.25) is 5.95 Å². The standard InChI is InChI=1S/C23H29N5O3/c1-23(2,14-28(3)4)13-25-21-24-9-8-19(26-21)16-10-15-6-7-17(31-5)12-18(15)20(11-16)27-22(29)30/h6-12,27H,13-14H2,1-5H3,(H,29,30)(H,24,25,26).